The molecule has 1 atom stereocenters. The largest absolute Gasteiger partial charge is 0.207 e. The molecule has 32 heavy (non-hydrogen) atoms. The Labute approximate surface area is 201 Å². The molecule has 0 aliphatic heterocycles. The lowest BCUT2D eigenvalue weighted by Crippen LogP contribution is -2.05. The molecule has 0 bridgehead atoms. The monoisotopic (exact) mass is 477 g/mol. The lowest BCUT2D eigenvalue weighted by atomic mass is 10.1. The number of benzene rings is 4. The van der Waals surface area contributed by atoms with E-state index in [1.807, 2.05) is 43.3 Å². The quantitative estimate of drug-likeness (QED) is 0.249. The van der Waals surface area contributed by atoms with E-state index in [0.29, 0.717) is 0 Å². The van der Waals surface area contributed by atoms with Crippen LogP contribution in [0.2, 0.25) is 5.02 Å². The van der Waals surface area contributed by atoms with Gasteiger partial charge in [0.2, 0.25) is 0 Å². The Hall–Kier alpha value is -2.46. The molecule has 0 N–H and O–H groups in total. The molecule has 0 saturated heterocycles. The molecule has 0 amide bonds. The van der Waals surface area contributed by atoms with Gasteiger partial charge in [-0.25, -0.2) is 4.39 Å². The van der Waals surface area contributed by atoms with Gasteiger partial charge in [0.05, 0.1) is 15.9 Å². The minimum Gasteiger partial charge on any atom is -0.207 e. The molecule has 4 aromatic carbocycles. The van der Waals surface area contributed by atoms with Crippen molar-refractivity contribution in [3.05, 3.63) is 119 Å². The van der Waals surface area contributed by atoms with Crippen molar-refractivity contribution in [1.29, 1.82) is 0 Å². The molecular weight excluding hydrogens is 455 g/mol. The van der Waals surface area contributed by atoms with Crippen molar-refractivity contribution in [2.75, 3.05) is 0 Å². The number of hydrogen-bond donors (Lipinski definition) is 0. The molecule has 0 nitrogen and oxygen atoms in total. The Morgan fingerprint density at radius 2 is 1.44 bits per heavy atom. The van der Waals surface area contributed by atoms with E-state index in [4.69, 9.17) is 11.6 Å². The summed E-state index contributed by atoms with van der Waals surface area (Å²) in [5.74, 6) is -0.211. The smallest absolute Gasteiger partial charge is 0.166 e. The van der Waals surface area contributed by atoms with Crippen LogP contribution in [0.5, 0.6) is 0 Å². The highest BCUT2D eigenvalue weighted by molar-refractivity contribution is 8.00. The molecule has 4 heteroatoms. The first-order chi connectivity index (χ1) is 15.5. The van der Waals surface area contributed by atoms with Crippen molar-refractivity contribution < 1.29 is 4.39 Å². The lowest BCUT2D eigenvalue weighted by Gasteiger charge is -2.10. The van der Waals surface area contributed by atoms with Crippen LogP contribution in [0.15, 0.2) is 128 Å². The van der Waals surface area contributed by atoms with Gasteiger partial charge in [-0.2, -0.15) is 0 Å². The zero-order chi connectivity index (χ0) is 22.5. The molecule has 0 radical (unpaired) electrons. The molecule has 0 aromatic heterocycles. The summed E-state index contributed by atoms with van der Waals surface area (Å²) in [7, 11) is -0.229. The van der Waals surface area contributed by atoms with Crippen molar-refractivity contribution in [3.8, 4) is 11.1 Å². The van der Waals surface area contributed by atoms with E-state index >= 15 is 0 Å². The summed E-state index contributed by atoms with van der Waals surface area (Å²) in [6.45, 7) is 4.17. The number of hydrogen-bond acceptors (Lipinski definition) is 1. The maximum atomic E-state index is 13.4. The second kappa shape index (κ2) is 10.4. The maximum Gasteiger partial charge on any atom is 0.166 e. The molecule has 0 fully saturated rings. The zero-order valence-corrected chi connectivity index (χ0v) is 20.3. The summed E-state index contributed by atoms with van der Waals surface area (Å²) in [6.07, 6.45) is 2.13. The molecular formula is C28H23ClFS2+. The van der Waals surface area contributed by atoms with Gasteiger partial charge in [-0.3, -0.25) is 0 Å². The van der Waals surface area contributed by atoms with Crippen LogP contribution < -0.4 is 0 Å². The van der Waals surface area contributed by atoms with E-state index in [1.54, 1.807) is 11.8 Å². The summed E-state index contributed by atoms with van der Waals surface area (Å²) in [4.78, 5) is 5.74. The SMILES string of the molecule is C/C=C(\C)[S+](c1ccc(F)cc1)c1ccc(Sc2ccc(-c3ccccc3)cc2Cl)cc1. The fraction of sp³-hybridized carbons (Fsp3) is 0.0714. The Morgan fingerprint density at radius 3 is 2.03 bits per heavy atom. The van der Waals surface area contributed by atoms with Crippen LogP contribution in [-0.2, 0) is 10.9 Å². The highest BCUT2D eigenvalue weighted by atomic mass is 35.5. The normalized spacial score (nSPS) is 12.6. The Bertz CT molecular complexity index is 1220. The van der Waals surface area contributed by atoms with Crippen molar-refractivity contribution in [3.63, 3.8) is 0 Å². The molecule has 1 unspecified atom stereocenters. The predicted octanol–water partition coefficient (Wildman–Crippen LogP) is 9.26. The molecule has 0 aliphatic rings. The van der Waals surface area contributed by atoms with E-state index in [0.717, 1.165) is 30.8 Å². The highest BCUT2D eigenvalue weighted by Gasteiger charge is 2.27. The minimum absolute atomic E-state index is 0.211. The van der Waals surface area contributed by atoms with Gasteiger partial charge >= 0.3 is 0 Å². The van der Waals surface area contributed by atoms with E-state index < -0.39 is 0 Å². The van der Waals surface area contributed by atoms with Gasteiger partial charge in [0.25, 0.3) is 0 Å². The molecule has 160 valence electrons. The molecule has 0 heterocycles. The first kappa shape index (κ1) is 22.7. The van der Waals surface area contributed by atoms with Crippen LogP contribution in [0.4, 0.5) is 4.39 Å². The average molecular weight is 478 g/mol. The van der Waals surface area contributed by atoms with Crippen LogP contribution in [0, 0.1) is 5.82 Å². The van der Waals surface area contributed by atoms with Crippen LogP contribution in [0.1, 0.15) is 13.8 Å². The third-order valence-corrected chi connectivity index (χ3v) is 8.98. The van der Waals surface area contributed by atoms with Gasteiger partial charge in [0, 0.05) is 16.7 Å². The number of rotatable bonds is 6. The predicted molar refractivity (Wildman–Crippen MR) is 137 cm³/mol. The van der Waals surface area contributed by atoms with Crippen molar-refractivity contribution in [1.82, 2.24) is 0 Å². The van der Waals surface area contributed by atoms with E-state index in [-0.39, 0.29) is 16.7 Å². The van der Waals surface area contributed by atoms with Gasteiger partial charge in [0.15, 0.2) is 9.79 Å². The first-order valence-electron chi connectivity index (χ1n) is 10.3. The maximum absolute atomic E-state index is 13.4. The first-order valence-corrected chi connectivity index (χ1v) is 12.7. The van der Waals surface area contributed by atoms with Gasteiger partial charge in [-0.05, 0) is 84.8 Å². The highest BCUT2D eigenvalue weighted by Crippen LogP contribution is 2.37. The third kappa shape index (κ3) is 5.29. The summed E-state index contributed by atoms with van der Waals surface area (Å²) >= 11 is 8.26. The lowest BCUT2D eigenvalue weighted by molar-refractivity contribution is 0.626. The van der Waals surface area contributed by atoms with Crippen LogP contribution in [0.3, 0.4) is 0 Å². The number of halogens is 2. The minimum atomic E-state index is -0.229. The van der Waals surface area contributed by atoms with E-state index in [9.17, 15) is 4.39 Å². The fourth-order valence-corrected chi connectivity index (χ4v) is 6.54. The number of allylic oxidation sites excluding steroid dienone is 2. The fourth-order valence-electron chi connectivity index (χ4n) is 3.36. The van der Waals surface area contributed by atoms with Crippen LogP contribution >= 0.6 is 23.4 Å². The molecule has 0 spiro atoms. The van der Waals surface area contributed by atoms with Crippen LogP contribution in [-0.4, -0.2) is 0 Å². The third-order valence-electron chi connectivity index (χ3n) is 5.10. The van der Waals surface area contributed by atoms with Gasteiger partial charge in [-0.1, -0.05) is 59.8 Å². The Balaban J connectivity index is 1.56. The summed E-state index contributed by atoms with van der Waals surface area (Å²) in [5, 5.41) is 0.747. The summed E-state index contributed by atoms with van der Waals surface area (Å²) in [5.41, 5.74) is 2.27. The van der Waals surface area contributed by atoms with Gasteiger partial charge in [-0.15, -0.1) is 0 Å². The Morgan fingerprint density at radius 1 is 0.812 bits per heavy atom. The average Bonchev–Trinajstić information content (AvgIpc) is 2.83. The molecule has 0 aliphatic carbocycles. The summed E-state index contributed by atoms with van der Waals surface area (Å²) < 4.78 is 13.4. The molecule has 0 saturated carbocycles. The van der Waals surface area contributed by atoms with Gasteiger partial charge in [0.1, 0.15) is 10.7 Å². The van der Waals surface area contributed by atoms with Crippen molar-refractivity contribution in [2.45, 2.75) is 33.4 Å². The van der Waals surface area contributed by atoms with Crippen molar-refractivity contribution in [2.24, 2.45) is 0 Å². The standard InChI is InChI=1S/C28H23ClFS2/c1-3-20(2)32(25-14-10-23(30)11-15-25)26-16-12-24(13-17-26)31-28-18-9-22(19-27(28)29)21-7-5-4-6-8-21/h3-19H,1-2H3/q+1/b20-3+. The van der Waals surface area contributed by atoms with Gasteiger partial charge < -0.3 is 0 Å². The van der Waals surface area contributed by atoms with E-state index in [1.165, 1.54) is 21.9 Å². The van der Waals surface area contributed by atoms with Crippen LogP contribution in [0.25, 0.3) is 11.1 Å². The topological polar surface area (TPSA) is 0 Å². The molecule has 4 rings (SSSR count). The second-order valence-corrected chi connectivity index (χ2v) is 11.0. The second-order valence-electron chi connectivity index (χ2n) is 7.24. The summed E-state index contributed by atoms with van der Waals surface area (Å²) in [6, 6.07) is 31.9. The van der Waals surface area contributed by atoms with Crippen molar-refractivity contribution >= 4 is 34.3 Å². The van der Waals surface area contributed by atoms with E-state index in [2.05, 4.69) is 61.5 Å². The molecule has 4 aromatic rings. The zero-order valence-electron chi connectivity index (χ0n) is 17.9. The Kier molecular flexibility index (Phi) is 7.41.